The van der Waals surface area contributed by atoms with Crippen LogP contribution in [0.2, 0.25) is 0 Å². The molecule has 0 radical (unpaired) electrons. The third kappa shape index (κ3) is 24.5. The minimum atomic E-state index is -1.71. The number of carbonyl (C=O) groups excluding carboxylic acids is 10. The second-order valence-electron chi connectivity index (χ2n) is 20.7. The van der Waals surface area contributed by atoms with Crippen molar-refractivity contribution in [1.29, 1.82) is 0 Å². The summed E-state index contributed by atoms with van der Waals surface area (Å²) in [5, 5.41) is 40.5. The minimum absolute atomic E-state index is 0.0172. The van der Waals surface area contributed by atoms with Crippen molar-refractivity contribution < 1.29 is 74.4 Å². The fourth-order valence-corrected chi connectivity index (χ4v) is 9.09. The lowest BCUT2D eigenvalue weighted by Gasteiger charge is -2.29. The van der Waals surface area contributed by atoms with Crippen molar-refractivity contribution in [2.24, 2.45) is 23.3 Å². The Hall–Kier alpha value is -8.10. The maximum absolute atomic E-state index is 14.5. The molecule has 26 heteroatoms. The van der Waals surface area contributed by atoms with Crippen molar-refractivity contribution in [3.05, 3.63) is 102 Å². The number of rotatable bonds is 37. The molecule has 0 aromatic heterocycles. The number of primary amides is 2. The number of thioether (sulfide) groups is 1. The van der Waals surface area contributed by atoms with Crippen molar-refractivity contribution in [2.75, 3.05) is 18.6 Å². The maximum Gasteiger partial charge on any atom is 0.326 e. The monoisotopic (exact) mass is 1180 g/mol. The fraction of sp³-hybridized carbons (Fsp3) is 0.491. The molecule has 0 fully saturated rings. The summed E-state index contributed by atoms with van der Waals surface area (Å²) >= 11 is 1.50. The first-order chi connectivity index (χ1) is 39.4. The average molecular weight is 1180 g/mol. The Labute approximate surface area is 487 Å². The third-order valence-corrected chi connectivity index (χ3v) is 14.3. The SMILES string of the molecule is CC[C@H](C)[C@H](NC(=O)[C@H](Cc1ccccc1)NC(=O)[C@H](CC(N)=O)NC(=O)[C@@H](NC(=O)[C@H](Cc1ccccc1)NC(=O)[C@H](CCCC[NH3+])NC(=O)[C@H](CC(N)=O)NC(=O)[C@H](Cc1ccc(O)cc1)NC(=O)[C@@H]([NH3+])CCSC)C(C)C)C(=O)O. The number of hydrogen-bond acceptors (Lipinski definition) is 13. The molecule has 25 nitrogen and oxygen atoms in total. The van der Waals surface area contributed by atoms with Gasteiger partial charge >= 0.3 is 5.97 Å². The Morgan fingerprint density at radius 3 is 1.31 bits per heavy atom. The van der Waals surface area contributed by atoms with E-state index in [9.17, 15) is 63.0 Å². The summed E-state index contributed by atoms with van der Waals surface area (Å²) in [7, 11) is 0. The van der Waals surface area contributed by atoms with E-state index in [1.807, 2.05) is 6.26 Å². The van der Waals surface area contributed by atoms with Crippen molar-refractivity contribution >= 4 is 76.8 Å². The van der Waals surface area contributed by atoms with Crippen LogP contribution in [0, 0.1) is 11.8 Å². The number of hydrogen-bond donors (Lipinski definition) is 14. The number of nitrogens with one attached hydrogen (secondary N) is 8. The molecule has 20 N–H and O–H groups in total. The van der Waals surface area contributed by atoms with Gasteiger partial charge in [-0.05, 0) is 71.9 Å². The molecule has 83 heavy (non-hydrogen) atoms. The smallest absolute Gasteiger partial charge is 0.326 e. The van der Waals surface area contributed by atoms with Crippen LogP contribution >= 0.6 is 11.8 Å². The lowest BCUT2D eigenvalue weighted by Crippen LogP contribution is -2.69. The van der Waals surface area contributed by atoms with E-state index in [0.29, 0.717) is 54.7 Å². The van der Waals surface area contributed by atoms with Crippen molar-refractivity contribution in [2.45, 2.75) is 146 Å². The molecule has 10 amide bonds. The van der Waals surface area contributed by atoms with E-state index in [1.165, 1.54) is 36.0 Å². The molecule has 0 aliphatic rings. The van der Waals surface area contributed by atoms with Crippen LogP contribution in [0.5, 0.6) is 5.75 Å². The molecular formula is C57H84N12O13S+2. The standard InChI is InChI=1S/C57H82N12O13S/c1-6-33(4)48(57(81)82)69-55(79)42(28-35-17-11-8-12-18-35)65-53(77)44(31-46(61)72)67-56(80)47(32(2)3)68-54(78)41(27-34-15-9-7-10-16-34)64-50(74)39(19-13-14-25-58)62-52(76)43(30-45(60)71)66-51(75)40(29-36-20-22-37(70)23-21-36)63-49(73)38(59)24-26-83-5/h7-12,15-18,20-23,32-33,38-44,47-48,70H,6,13-14,19,24-31,58-59H2,1-5H3,(H2,60,71)(H2,61,72)(H,62,76)(H,63,73)(H,64,74)(H,65,77)(H,66,75)(H,67,80)(H,68,78)(H,69,79)(H,81,82)/p+2/t33-,38-,39-,40-,41-,42-,43-,44-,47-,48-/m0/s1. The first-order valence-corrected chi connectivity index (χ1v) is 29.0. The molecule has 3 aromatic carbocycles. The number of phenolic OH excluding ortho intramolecular Hbond substituents is 1. The highest BCUT2D eigenvalue weighted by Gasteiger charge is 2.37. The van der Waals surface area contributed by atoms with E-state index in [0.717, 1.165) is 0 Å². The van der Waals surface area contributed by atoms with Gasteiger partial charge in [-0.25, -0.2) is 4.79 Å². The molecule has 0 saturated heterocycles. The van der Waals surface area contributed by atoms with Crippen LogP contribution in [-0.2, 0) is 72.0 Å². The van der Waals surface area contributed by atoms with Crippen molar-refractivity contribution in [3.63, 3.8) is 0 Å². The molecule has 0 spiro atoms. The van der Waals surface area contributed by atoms with Crippen molar-refractivity contribution in [3.8, 4) is 5.75 Å². The molecule has 0 heterocycles. The number of carboxylic acid groups (broad SMARTS) is 1. The number of amides is 10. The molecule has 0 aliphatic carbocycles. The van der Waals surface area contributed by atoms with Crippen LogP contribution in [0.1, 0.15) is 89.3 Å². The molecular weight excluding hydrogens is 1090 g/mol. The van der Waals surface area contributed by atoms with Gasteiger partial charge in [0, 0.05) is 25.7 Å². The van der Waals surface area contributed by atoms with Gasteiger partial charge in [0.05, 0.1) is 19.4 Å². The predicted molar refractivity (Wildman–Crippen MR) is 308 cm³/mol. The summed E-state index contributed by atoms with van der Waals surface area (Å²) in [5.74, 6) is -11.0. The van der Waals surface area contributed by atoms with Gasteiger partial charge in [0.15, 0.2) is 6.04 Å². The minimum Gasteiger partial charge on any atom is -0.508 e. The van der Waals surface area contributed by atoms with E-state index in [1.54, 1.807) is 88.4 Å². The normalized spacial score (nSPS) is 14.7. The Morgan fingerprint density at radius 2 is 0.892 bits per heavy atom. The third-order valence-electron chi connectivity index (χ3n) is 13.6. The summed E-state index contributed by atoms with van der Waals surface area (Å²) in [4.78, 5) is 150. The molecule has 3 aromatic rings. The summed E-state index contributed by atoms with van der Waals surface area (Å²) in [6, 6.07) is 10.4. The molecule has 10 atom stereocenters. The quantitative estimate of drug-likeness (QED) is 0.0268. The molecule has 0 bridgehead atoms. The van der Waals surface area contributed by atoms with Gasteiger partial charge in [0.2, 0.25) is 53.2 Å². The van der Waals surface area contributed by atoms with Gasteiger partial charge in [-0.1, -0.05) is 107 Å². The highest BCUT2D eigenvalue weighted by Crippen LogP contribution is 2.15. The number of quaternary nitrogens is 2. The maximum atomic E-state index is 14.5. The highest BCUT2D eigenvalue weighted by molar-refractivity contribution is 7.98. The van der Waals surface area contributed by atoms with Crippen LogP contribution < -0.4 is 65.5 Å². The lowest BCUT2D eigenvalue weighted by atomic mass is 9.98. The number of nitrogens with two attached hydrogens (primary N) is 2. The molecule has 454 valence electrons. The second kappa shape index (κ2) is 35.7. The Balaban J connectivity index is 1.95. The number of benzene rings is 3. The van der Waals surface area contributed by atoms with Gasteiger partial charge in [-0.15, -0.1) is 0 Å². The van der Waals surface area contributed by atoms with Crippen LogP contribution in [-0.4, -0.2) is 148 Å². The predicted octanol–water partition coefficient (Wildman–Crippen LogP) is -2.39. The first kappa shape index (κ1) is 69.2. The molecule has 0 aliphatic heterocycles. The zero-order valence-electron chi connectivity index (χ0n) is 47.8. The molecule has 0 saturated carbocycles. The molecule has 0 unspecified atom stereocenters. The fourth-order valence-electron chi connectivity index (χ4n) is 8.57. The van der Waals surface area contributed by atoms with E-state index in [2.05, 4.69) is 54.0 Å². The van der Waals surface area contributed by atoms with Crippen LogP contribution in [0.15, 0.2) is 84.9 Å². The number of aliphatic carboxylic acids is 1. The Bertz CT molecular complexity index is 2650. The van der Waals surface area contributed by atoms with Crippen LogP contribution in [0.3, 0.4) is 0 Å². The van der Waals surface area contributed by atoms with E-state index < -0.39 is 144 Å². The van der Waals surface area contributed by atoms with Gasteiger partial charge in [-0.3, -0.25) is 47.9 Å². The summed E-state index contributed by atoms with van der Waals surface area (Å²) in [6.45, 7) is 7.01. The van der Waals surface area contributed by atoms with Gasteiger partial charge < -0.3 is 75.7 Å². The van der Waals surface area contributed by atoms with E-state index in [-0.39, 0.29) is 31.4 Å². The summed E-state index contributed by atoms with van der Waals surface area (Å²) < 4.78 is 0. The van der Waals surface area contributed by atoms with Crippen LogP contribution in [0.25, 0.3) is 0 Å². The number of unbranched alkanes of at least 4 members (excludes halogenated alkanes) is 1. The van der Waals surface area contributed by atoms with E-state index >= 15 is 0 Å². The zero-order valence-corrected chi connectivity index (χ0v) is 48.6. The average Bonchev–Trinajstić information content (AvgIpc) is 3.46. The van der Waals surface area contributed by atoms with E-state index in [4.69, 9.17) is 11.5 Å². The summed E-state index contributed by atoms with van der Waals surface area (Å²) in [6.07, 6.45) is 1.62. The van der Waals surface area contributed by atoms with Crippen molar-refractivity contribution in [1.82, 2.24) is 42.5 Å². The topological polar surface area (TPSA) is 432 Å². The summed E-state index contributed by atoms with van der Waals surface area (Å²) in [5.41, 5.74) is 20.6. The number of phenols is 1. The van der Waals surface area contributed by atoms with Gasteiger partial charge in [0.1, 0.15) is 54.1 Å². The highest BCUT2D eigenvalue weighted by atomic mass is 32.2. The molecule has 3 rings (SSSR count). The number of carbonyl (C=O) groups is 11. The second-order valence-corrected chi connectivity index (χ2v) is 21.7. The van der Waals surface area contributed by atoms with Gasteiger partial charge in [-0.2, -0.15) is 11.8 Å². The first-order valence-electron chi connectivity index (χ1n) is 27.6. The Morgan fingerprint density at radius 1 is 0.506 bits per heavy atom. The number of carboxylic acids is 1. The van der Waals surface area contributed by atoms with Gasteiger partial charge in [0.25, 0.3) is 5.91 Å². The zero-order chi connectivity index (χ0) is 61.8. The number of aromatic hydroxyl groups is 1. The van der Waals surface area contributed by atoms with Crippen LogP contribution in [0.4, 0.5) is 0 Å². The Kier molecular flexibility index (Phi) is 29.7. The lowest BCUT2D eigenvalue weighted by molar-refractivity contribution is -0.404. The largest absolute Gasteiger partial charge is 0.508 e.